The first kappa shape index (κ1) is 29.4. The number of carbonyl (C=O) groups is 1. The third-order valence-corrected chi connectivity index (χ3v) is 6.98. The minimum absolute atomic E-state index is 0.167. The maximum absolute atomic E-state index is 14.0. The van der Waals surface area contributed by atoms with E-state index in [4.69, 9.17) is 32.7 Å². The van der Waals surface area contributed by atoms with Gasteiger partial charge in [0.15, 0.2) is 17.3 Å². The molecule has 0 radical (unpaired) electrons. The Bertz CT molecular complexity index is 1710. The molecule has 4 heterocycles. The highest BCUT2D eigenvalue weighted by Gasteiger charge is 2.44. The molecule has 0 saturated heterocycles. The molecule has 10 nitrogen and oxygen atoms in total. The number of hydrogen-bond acceptors (Lipinski definition) is 7. The van der Waals surface area contributed by atoms with Gasteiger partial charge in [0.2, 0.25) is 5.88 Å². The van der Waals surface area contributed by atoms with Crippen molar-refractivity contribution in [3.05, 3.63) is 81.6 Å². The van der Waals surface area contributed by atoms with E-state index in [0.29, 0.717) is 17.3 Å². The van der Waals surface area contributed by atoms with Gasteiger partial charge in [0.25, 0.3) is 0 Å². The fourth-order valence-electron chi connectivity index (χ4n) is 4.53. The van der Waals surface area contributed by atoms with E-state index in [2.05, 4.69) is 20.2 Å². The van der Waals surface area contributed by atoms with Crippen LogP contribution in [0.1, 0.15) is 50.8 Å². The zero-order valence-corrected chi connectivity index (χ0v) is 24.5. The summed E-state index contributed by atoms with van der Waals surface area (Å²) in [5, 5.41) is 8.66. The van der Waals surface area contributed by atoms with E-state index < -0.39 is 29.6 Å². The Balaban J connectivity index is 1.83. The van der Waals surface area contributed by atoms with Gasteiger partial charge < -0.3 is 9.47 Å². The lowest BCUT2D eigenvalue weighted by molar-refractivity contribution is -0.141. The number of allylic oxidation sites excluding steroid dienone is 2. The summed E-state index contributed by atoms with van der Waals surface area (Å²) in [5.41, 5.74) is -1.24. The van der Waals surface area contributed by atoms with Crippen LogP contribution in [0.4, 0.5) is 23.8 Å². The first-order valence-electron chi connectivity index (χ1n) is 12.5. The summed E-state index contributed by atoms with van der Waals surface area (Å²) >= 11 is 12.5. The van der Waals surface area contributed by atoms with Crippen LogP contribution in [0.2, 0.25) is 10.0 Å². The molecular weight excluding hydrogens is 598 g/mol. The predicted octanol–water partition coefficient (Wildman–Crippen LogP) is 6.97. The number of methoxy groups -OCH3 is 1. The maximum Gasteiger partial charge on any atom is 0.435 e. The number of amides is 1. The number of ether oxygens (including phenoxy) is 2. The summed E-state index contributed by atoms with van der Waals surface area (Å²) in [4.78, 5) is 23.5. The SMILES string of the molecule is COc1cccc(-n2ncnc2C2=C(C)N(C(=O)OC(C)(C)C)c3cc(C(F)(F)F)nn3[C@@H]2c2ccc(Cl)c(Cl)c2)n1. The second-order valence-corrected chi connectivity index (χ2v) is 11.1. The van der Waals surface area contributed by atoms with Crippen molar-refractivity contribution in [1.29, 1.82) is 0 Å². The van der Waals surface area contributed by atoms with Crippen LogP contribution >= 0.6 is 23.2 Å². The standard InChI is InChI=1S/C27H24Cl2F3N7O3/c1-14-22(24-33-13-34-38(24)19-7-6-8-20(35-19)41-5)23(15-9-10-16(28)17(29)11-15)39-21(12-18(36-39)27(30,31)32)37(14)25(40)42-26(2,3)4/h6-13,23H,1-5H3/t23-/m1/s1. The zero-order chi connectivity index (χ0) is 30.6. The van der Waals surface area contributed by atoms with E-state index in [9.17, 15) is 18.0 Å². The smallest absolute Gasteiger partial charge is 0.435 e. The third-order valence-electron chi connectivity index (χ3n) is 6.24. The van der Waals surface area contributed by atoms with Crippen molar-refractivity contribution in [2.45, 2.75) is 45.5 Å². The highest BCUT2D eigenvalue weighted by Crippen LogP contribution is 2.46. The molecular formula is C27H24Cl2F3N7O3. The molecule has 1 atom stereocenters. The van der Waals surface area contributed by atoms with Crippen molar-refractivity contribution in [2.24, 2.45) is 0 Å². The molecule has 0 N–H and O–H groups in total. The van der Waals surface area contributed by atoms with Crippen LogP contribution in [0, 0.1) is 0 Å². The van der Waals surface area contributed by atoms with Crippen molar-refractivity contribution in [1.82, 2.24) is 29.5 Å². The van der Waals surface area contributed by atoms with E-state index in [1.54, 1.807) is 52.0 Å². The van der Waals surface area contributed by atoms with Crippen molar-refractivity contribution in [2.75, 3.05) is 12.0 Å². The topological polar surface area (TPSA) is 100 Å². The number of halogens is 5. The Kier molecular flexibility index (Phi) is 7.44. The van der Waals surface area contributed by atoms with Gasteiger partial charge in [-0.15, -0.1) is 0 Å². The zero-order valence-electron chi connectivity index (χ0n) is 22.9. The second kappa shape index (κ2) is 10.6. The van der Waals surface area contributed by atoms with Gasteiger partial charge in [-0.25, -0.2) is 19.4 Å². The normalized spacial score (nSPS) is 15.6. The minimum atomic E-state index is -4.81. The molecule has 3 aromatic heterocycles. The van der Waals surface area contributed by atoms with Gasteiger partial charge in [-0.1, -0.05) is 35.3 Å². The van der Waals surface area contributed by atoms with Gasteiger partial charge in [0.1, 0.15) is 23.8 Å². The molecule has 1 aromatic carbocycles. The first-order valence-corrected chi connectivity index (χ1v) is 13.2. The highest BCUT2D eigenvalue weighted by atomic mass is 35.5. The number of anilines is 1. The Labute approximate surface area is 248 Å². The van der Waals surface area contributed by atoms with Gasteiger partial charge in [0, 0.05) is 23.4 Å². The Morgan fingerprint density at radius 3 is 2.43 bits per heavy atom. The molecule has 0 bridgehead atoms. The van der Waals surface area contributed by atoms with Crippen LogP contribution in [0.15, 0.2) is 54.5 Å². The molecule has 42 heavy (non-hydrogen) atoms. The Morgan fingerprint density at radius 1 is 1.05 bits per heavy atom. The number of benzene rings is 1. The molecule has 1 amide bonds. The molecule has 0 aliphatic carbocycles. The number of hydrogen-bond donors (Lipinski definition) is 0. The van der Waals surface area contributed by atoms with Crippen molar-refractivity contribution >= 4 is 40.7 Å². The minimum Gasteiger partial charge on any atom is -0.481 e. The van der Waals surface area contributed by atoms with Crippen molar-refractivity contribution in [3.8, 4) is 11.7 Å². The number of carbonyl (C=O) groups excluding carboxylic acids is 1. The van der Waals surface area contributed by atoms with Crippen LogP contribution in [0.3, 0.4) is 0 Å². The van der Waals surface area contributed by atoms with Crippen molar-refractivity contribution < 1.29 is 27.4 Å². The van der Waals surface area contributed by atoms with Crippen LogP contribution in [-0.2, 0) is 10.9 Å². The van der Waals surface area contributed by atoms with Gasteiger partial charge in [0.05, 0.1) is 17.2 Å². The summed E-state index contributed by atoms with van der Waals surface area (Å²) in [6, 6.07) is 9.38. The summed E-state index contributed by atoms with van der Waals surface area (Å²) in [7, 11) is 1.46. The molecule has 0 spiro atoms. The lowest BCUT2D eigenvalue weighted by Crippen LogP contribution is -2.41. The van der Waals surface area contributed by atoms with E-state index in [0.717, 1.165) is 15.6 Å². The fraction of sp³-hybridized carbons (Fsp3) is 0.296. The third kappa shape index (κ3) is 5.41. The first-order chi connectivity index (χ1) is 19.7. The lowest BCUT2D eigenvalue weighted by Gasteiger charge is -2.36. The number of pyridine rings is 1. The van der Waals surface area contributed by atoms with E-state index in [1.165, 1.54) is 30.3 Å². The van der Waals surface area contributed by atoms with Gasteiger partial charge >= 0.3 is 12.3 Å². The molecule has 4 aromatic rings. The average molecular weight is 622 g/mol. The number of aromatic nitrogens is 6. The van der Waals surface area contributed by atoms with Crippen LogP contribution in [0.5, 0.6) is 5.88 Å². The fourth-order valence-corrected chi connectivity index (χ4v) is 4.84. The monoisotopic (exact) mass is 621 g/mol. The van der Waals surface area contributed by atoms with E-state index in [1.807, 2.05) is 0 Å². The molecule has 0 unspecified atom stereocenters. The molecule has 1 aliphatic heterocycles. The van der Waals surface area contributed by atoms with E-state index >= 15 is 0 Å². The van der Waals surface area contributed by atoms with Crippen LogP contribution in [-0.4, -0.2) is 48.3 Å². The lowest BCUT2D eigenvalue weighted by atomic mass is 9.94. The van der Waals surface area contributed by atoms with Gasteiger partial charge in [-0.3, -0.25) is 0 Å². The van der Waals surface area contributed by atoms with E-state index in [-0.39, 0.29) is 33.0 Å². The largest absolute Gasteiger partial charge is 0.481 e. The number of alkyl halides is 3. The van der Waals surface area contributed by atoms with Crippen molar-refractivity contribution in [3.63, 3.8) is 0 Å². The summed E-state index contributed by atoms with van der Waals surface area (Å²) < 4.78 is 55.4. The predicted molar refractivity (Wildman–Crippen MR) is 149 cm³/mol. The summed E-state index contributed by atoms with van der Waals surface area (Å²) in [5.74, 6) is 0.608. The molecule has 0 saturated carbocycles. The molecule has 15 heteroatoms. The Morgan fingerprint density at radius 2 is 1.79 bits per heavy atom. The number of nitrogens with zero attached hydrogens (tertiary/aromatic N) is 7. The molecule has 1 aliphatic rings. The molecule has 220 valence electrons. The molecule has 5 rings (SSSR count). The van der Waals surface area contributed by atoms with Crippen LogP contribution in [0.25, 0.3) is 11.4 Å². The van der Waals surface area contributed by atoms with Gasteiger partial charge in [-0.2, -0.15) is 33.0 Å². The van der Waals surface area contributed by atoms with Gasteiger partial charge in [-0.05, 0) is 51.5 Å². The summed E-state index contributed by atoms with van der Waals surface area (Å²) in [6.07, 6.45) is -4.46. The van der Waals surface area contributed by atoms with Crippen LogP contribution < -0.4 is 9.64 Å². The maximum atomic E-state index is 14.0. The summed E-state index contributed by atoms with van der Waals surface area (Å²) in [6.45, 7) is 6.52. The number of fused-ring (bicyclic) bond motifs is 1. The average Bonchev–Trinajstić information content (AvgIpc) is 3.56. The quantitative estimate of drug-likeness (QED) is 0.242. The molecule has 0 fully saturated rings. The Hall–Kier alpha value is -4.10. The number of rotatable bonds is 4. The second-order valence-electron chi connectivity index (χ2n) is 10.3. The highest BCUT2D eigenvalue weighted by molar-refractivity contribution is 6.42.